The second kappa shape index (κ2) is 6.22. The van der Waals surface area contributed by atoms with Gasteiger partial charge >= 0.3 is 0 Å². The van der Waals surface area contributed by atoms with Crippen LogP contribution in [0.2, 0.25) is 0 Å². The van der Waals surface area contributed by atoms with Crippen molar-refractivity contribution >= 4 is 11.8 Å². The molecule has 1 aromatic carbocycles. The maximum absolute atomic E-state index is 13.7. The predicted molar refractivity (Wildman–Crippen MR) is 76.1 cm³/mol. The number of hydrogen-bond donors (Lipinski definition) is 1. The van der Waals surface area contributed by atoms with Crippen LogP contribution in [0, 0.1) is 23.4 Å². The summed E-state index contributed by atoms with van der Waals surface area (Å²) in [5.74, 6) is -5.27. The van der Waals surface area contributed by atoms with Crippen LogP contribution in [0.4, 0.5) is 13.2 Å². The van der Waals surface area contributed by atoms with Gasteiger partial charge in [0.15, 0.2) is 17.5 Å². The molecule has 1 aromatic rings. The van der Waals surface area contributed by atoms with E-state index in [4.69, 9.17) is 0 Å². The second-order valence-electron chi connectivity index (χ2n) is 6.07. The molecule has 1 N–H and O–H groups in total. The third kappa shape index (κ3) is 3.33. The van der Waals surface area contributed by atoms with Crippen molar-refractivity contribution in [3.8, 4) is 0 Å². The average Bonchev–Trinajstić information content (AvgIpc) is 3.36. The van der Waals surface area contributed by atoms with Crippen molar-refractivity contribution in [3.05, 3.63) is 35.1 Å². The van der Waals surface area contributed by atoms with E-state index >= 15 is 0 Å². The van der Waals surface area contributed by atoms with E-state index in [-0.39, 0.29) is 11.8 Å². The van der Waals surface area contributed by atoms with Gasteiger partial charge in [-0.1, -0.05) is 0 Å². The van der Waals surface area contributed by atoms with Crippen LogP contribution < -0.4 is 5.32 Å². The van der Waals surface area contributed by atoms with Gasteiger partial charge in [-0.2, -0.15) is 0 Å². The quantitative estimate of drug-likeness (QED) is 0.866. The molecule has 1 aliphatic carbocycles. The molecule has 2 amide bonds. The Hall–Kier alpha value is -2.05. The van der Waals surface area contributed by atoms with Gasteiger partial charge in [0.2, 0.25) is 5.91 Å². The Morgan fingerprint density at radius 3 is 2.26 bits per heavy atom. The van der Waals surface area contributed by atoms with Gasteiger partial charge in [-0.05, 0) is 37.8 Å². The first-order valence-electron chi connectivity index (χ1n) is 7.70. The number of piperidine rings is 1. The summed E-state index contributed by atoms with van der Waals surface area (Å²) in [6.07, 6.45) is 2.99. The van der Waals surface area contributed by atoms with Gasteiger partial charge in [-0.15, -0.1) is 0 Å². The van der Waals surface area contributed by atoms with Crippen molar-refractivity contribution in [2.24, 2.45) is 5.92 Å². The molecule has 0 radical (unpaired) electrons. The summed E-state index contributed by atoms with van der Waals surface area (Å²) in [5, 5.41) is 2.93. The minimum atomic E-state index is -1.64. The Kier molecular flexibility index (Phi) is 4.28. The number of benzene rings is 1. The minimum absolute atomic E-state index is 0.00129. The average molecular weight is 326 g/mol. The van der Waals surface area contributed by atoms with Gasteiger partial charge in [0, 0.05) is 25.0 Å². The van der Waals surface area contributed by atoms with Gasteiger partial charge in [-0.25, -0.2) is 13.2 Å². The van der Waals surface area contributed by atoms with Gasteiger partial charge in [0.25, 0.3) is 5.91 Å². The van der Waals surface area contributed by atoms with E-state index in [0.717, 1.165) is 25.0 Å². The zero-order chi connectivity index (χ0) is 16.6. The molecule has 1 saturated heterocycles. The Balaban J connectivity index is 1.62. The standard InChI is InChI=1S/C16H17F3N2O2/c17-12-4-3-11(13(18)14(12)19)16(23)21-7-5-9(6-8-21)15(22)20-10-1-2-10/h3-4,9-10H,1-2,5-8H2,(H,20,22). The van der Waals surface area contributed by atoms with Crippen LogP contribution in [0.25, 0.3) is 0 Å². The lowest BCUT2D eigenvalue weighted by molar-refractivity contribution is -0.126. The molecule has 0 atom stereocenters. The summed E-state index contributed by atoms with van der Waals surface area (Å²) in [6.45, 7) is 0.583. The number of carbonyl (C=O) groups is 2. The van der Waals surface area contributed by atoms with Crippen molar-refractivity contribution in [2.45, 2.75) is 31.7 Å². The lowest BCUT2D eigenvalue weighted by atomic mass is 9.95. The van der Waals surface area contributed by atoms with Crippen LogP contribution in [-0.4, -0.2) is 35.8 Å². The smallest absolute Gasteiger partial charge is 0.256 e. The maximum Gasteiger partial charge on any atom is 0.256 e. The number of rotatable bonds is 3. The fourth-order valence-electron chi connectivity index (χ4n) is 2.75. The first kappa shape index (κ1) is 15.8. The third-order valence-electron chi connectivity index (χ3n) is 4.34. The molecule has 1 heterocycles. The predicted octanol–water partition coefficient (Wildman–Crippen LogP) is 2.23. The Morgan fingerprint density at radius 2 is 1.65 bits per heavy atom. The first-order valence-corrected chi connectivity index (χ1v) is 7.70. The number of nitrogens with one attached hydrogen (secondary N) is 1. The summed E-state index contributed by atoms with van der Waals surface area (Å²) in [6, 6.07) is 1.97. The molecule has 0 spiro atoms. The van der Waals surface area contributed by atoms with E-state index in [0.29, 0.717) is 32.0 Å². The highest BCUT2D eigenvalue weighted by molar-refractivity contribution is 5.94. The van der Waals surface area contributed by atoms with Crippen LogP contribution in [0.15, 0.2) is 12.1 Å². The van der Waals surface area contributed by atoms with Crippen molar-refractivity contribution in [1.29, 1.82) is 0 Å². The molecule has 124 valence electrons. The monoisotopic (exact) mass is 326 g/mol. The Morgan fingerprint density at radius 1 is 1.00 bits per heavy atom. The molecule has 7 heteroatoms. The molecule has 0 unspecified atom stereocenters. The number of likely N-dealkylation sites (tertiary alicyclic amines) is 1. The number of amides is 2. The summed E-state index contributed by atoms with van der Waals surface area (Å²) in [4.78, 5) is 25.6. The zero-order valence-electron chi connectivity index (χ0n) is 12.4. The molecular formula is C16H17F3N2O2. The lowest BCUT2D eigenvalue weighted by Crippen LogP contribution is -2.43. The summed E-state index contributed by atoms with van der Waals surface area (Å²) in [7, 11) is 0. The zero-order valence-corrected chi connectivity index (χ0v) is 12.4. The molecule has 2 aliphatic rings. The highest BCUT2D eigenvalue weighted by Crippen LogP contribution is 2.24. The first-order chi connectivity index (χ1) is 11.0. The topological polar surface area (TPSA) is 49.4 Å². The van der Waals surface area contributed by atoms with Gasteiger partial charge in [0.1, 0.15) is 0 Å². The lowest BCUT2D eigenvalue weighted by Gasteiger charge is -2.31. The van der Waals surface area contributed by atoms with Crippen LogP contribution in [0.5, 0.6) is 0 Å². The molecule has 2 fully saturated rings. The minimum Gasteiger partial charge on any atom is -0.353 e. The van der Waals surface area contributed by atoms with Crippen LogP contribution in [-0.2, 0) is 4.79 Å². The number of hydrogen-bond acceptors (Lipinski definition) is 2. The largest absolute Gasteiger partial charge is 0.353 e. The van der Waals surface area contributed by atoms with Crippen LogP contribution >= 0.6 is 0 Å². The van der Waals surface area contributed by atoms with E-state index in [2.05, 4.69) is 5.32 Å². The Bertz CT molecular complexity index is 638. The normalized spacial score (nSPS) is 18.8. The van der Waals surface area contributed by atoms with E-state index < -0.39 is 28.9 Å². The summed E-state index contributed by atoms with van der Waals surface area (Å²) in [5.41, 5.74) is -0.482. The fourth-order valence-corrected chi connectivity index (χ4v) is 2.75. The fraction of sp³-hybridized carbons (Fsp3) is 0.500. The maximum atomic E-state index is 13.7. The molecule has 3 rings (SSSR count). The highest BCUT2D eigenvalue weighted by Gasteiger charge is 2.32. The van der Waals surface area contributed by atoms with Crippen LogP contribution in [0.3, 0.4) is 0 Å². The summed E-state index contributed by atoms with van der Waals surface area (Å²) < 4.78 is 39.9. The van der Waals surface area contributed by atoms with E-state index in [9.17, 15) is 22.8 Å². The molecule has 1 saturated carbocycles. The van der Waals surface area contributed by atoms with E-state index in [1.165, 1.54) is 4.90 Å². The van der Waals surface area contributed by atoms with Crippen molar-refractivity contribution in [2.75, 3.05) is 13.1 Å². The SMILES string of the molecule is O=C(NC1CC1)C1CCN(C(=O)c2ccc(F)c(F)c2F)CC1. The molecule has 0 bridgehead atoms. The van der Waals surface area contributed by atoms with Gasteiger partial charge in [0.05, 0.1) is 5.56 Å². The van der Waals surface area contributed by atoms with Crippen molar-refractivity contribution < 1.29 is 22.8 Å². The molecule has 23 heavy (non-hydrogen) atoms. The van der Waals surface area contributed by atoms with Gasteiger partial charge < -0.3 is 10.2 Å². The second-order valence-corrected chi connectivity index (χ2v) is 6.07. The third-order valence-corrected chi connectivity index (χ3v) is 4.34. The number of carbonyl (C=O) groups excluding carboxylic acids is 2. The van der Waals surface area contributed by atoms with Crippen molar-refractivity contribution in [3.63, 3.8) is 0 Å². The Labute approximate surface area is 131 Å². The number of nitrogens with zero attached hydrogens (tertiary/aromatic N) is 1. The molecule has 0 aromatic heterocycles. The van der Waals surface area contributed by atoms with E-state index in [1.54, 1.807) is 0 Å². The van der Waals surface area contributed by atoms with Gasteiger partial charge in [-0.3, -0.25) is 9.59 Å². The molecular weight excluding hydrogens is 309 g/mol. The highest BCUT2D eigenvalue weighted by atomic mass is 19.2. The van der Waals surface area contributed by atoms with Crippen molar-refractivity contribution in [1.82, 2.24) is 10.2 Å². The molecule has 4 nitrogen and oxygen atoms in total. The molecule has 1 aliphatic heterocycles. The van der Waals surface area contributed by atoms with Crippen LogP contribution in [0.1, 0.15) is 36.0 Å². The van der Waals surface area contributed by atoms with E-state index in [1.807, 2.05) is 0 Å². The summed E-state index contributed by atoms with van der Waals surface area (Å²) >= 11 is 0. The number of halogens is 3.